The van der Waals surface area contributed by atoms with Gasteiger partial charge in [0.2, 0.25) is 0 Å². The molecule has 9 heteroatoms. The highest BCUT2D eigenvalue weighted by Gasteiger charge is 2.26. The number of guanidine groups is 1. The summed E-state index contributed by atoms with van der Waals surface area (Å²) < 4.78 is 30.0. The highest BCUT2D eigenvalue weighted by molar-refractivity contribution is 14.0. The Morgan fingerprint density at radius 1 is 1.23 bits per heavy atom. The van der Waals surface area contributed by atoms with Crippen LogP contribution < -0.4 is 20.3 Å². The summed E-state index contributed by atoms with van der Waals surface area (Å²) in [6.45, 7) is 1.75. The summed E-state index contributed by atoms with van der Waals surface area (Å²) in [7, 11) is 0. The highest BCUT2D eigenvalue weighted by Crippen LogP contribution is 2.31. The lowest BCUT2D eigenvalue weighted by Crippen LogP contribution is -2.44. The first kappa shape index (κ1) is 24.0. The first-order valence-electron chi connectivity index (χ1n) is 9.66. The molecule has 0 saturated carbocycles. The minimum atomic E-state index is -2.85. The van der Waals surface area contributed by atoms with E-state index in [4.69, 9.17) is 0 Å². The van der Waals surface area contributed by atoms with Crippen molar-refractivity contribution in [3.63, 3.8) is 0 Å². The van der Waals surface area contributed by atoms with Gasteiger partial charge in [-0.05, 0) is 43.2 Å². The third-order valence-electron chi connectivity index (χ3n) is 4.65. The summed E-state index contributed by atoms with van der Waals surface area (Å²) >= 11 is 0. The van der Waals surface area contributed by atoms with E-state index in [0.29, 0.717) is 24.7 Å². The number of alkyl halides is 2. The molecule has 1 aliphatic heterocycles. The summed E-state index contributed by atoms with van der Waals surface area (Å²) in [6, 6.07) is 13.9. The molecule has 0 bridgehead atoms. The molecule has 0 aliphatic carbocycles. The van der Waals surface area contributed by atoms with Crippen molar-refractivity contribution in [2.45, 2.75) is 32.5 Å². The van der Waals surface area contributed by atoms with Gasteiger partial charge in [-0.25, -0.2) is 4.99 Å². The molecule has 2 aromatic carbocycles. The Bertz CT molecular complexity index is 821. The number of ether oxygens (including phenoxy) is 1. The second-order valence-electron chi connectivity index (χ2n) is 6.78. The van der Waals surface area contributed by atoms with Gasteiger partial charge in [-0.1, -0.05) is 24.3 Å². The van der Waals surface area contributed by atoms with E-state index >= 15 is 0 Å². The standard InChI is InChI=1S/C21H26F2N4O2.HI/c1-2-24-21(25-13-15-7-9-17(28)10-8-15)26-16-11-12-27(14-16)18-5-3-4-6-19(18)29-20(22)23;/h3-10,16,20,28H,2,11-14H2,1H3,(H2,24,25,26);1H. The number of para-hydroxylation sites is 2. The molecule has 164 valence electrons. The maximum atomic E-state index is 12.7. The van der Waals surface area contributed by atoms with Crippen molar-refractivity contribution in [1.82, 2.24) is 10.6 Å². The monoisotopic (exact) mass is 532 g/mol. The molecule has 1 heterocycles. The Kier molecular flexibility index (Phi) is 9.41. The van der Waals surface area contributed by atoms with Crippen molar-refractivity contribution in [3.8, 4) is 11.5 Å². The second-order valence-corrected chi connectivity index (χ2v) is 6.78. The van der Waals surface area contributed by atoms with Gasteiger partial charge in [-0.3, -0.25) is 0 Å². The van der Waals surface area contributed by atoms with E-state index in [9.17, 15) is 13.9 Å². The topological polar surface area (TPSA) is 69.1 Å². The molecule has 1 unspecified atom stereocenters. The fraction of sp³-hybridized carbons (Fsp3) is 0.381. The third-order valence-corrected chi connectivity index (χ3v) is 4.65. The Morgan fingerprint density at radius 2 is 1.97 bits per heavy atom. The normalized spacial score (nSPS) is 16.3. The van der Waals surface area contributed by atoms with Gasteiger partial charge in [0.15, 0.2) is 5.96 Å². The number of aliphatic imine (C=N–C) groups is 1. The maximum absolute atomic E-state index is 12.7. The maximum Gasteiger partial charge on any atom is 0.387 e. The predicted molar refractivity (Wildman–Crippen MR) is 125 cm³/mol. The average Bonchev–Trinajstić information content (AvgIpc) is 3.16. The largest absolute Gasteiger partial charge is 0.508 e. The Hall–Kier alpha value is -2.30. The lowest BCUT2D eigenvalue weighted by molar-refractivity contribution is -0.0495. The van der Waals surface area contributed by atoms with Crippen LogP contribution >= 0.6 is 24.0 Å². The number of phenols is 1. The SMILES string of the molecule is CCNC(=NCc1ccc(O)cc1)NC1CCN(c2ccccc2OC(F)F)C1.I. The lowest BCUT2D eigenvalue weighted by Gasteiger charge is -2.22. The summed E-state index contributed by atoms with van der Waals surface area (Å²) in [5.74, 6) is 1.12. The van der Waals surface area contributed by atoms with Gasteiger partial charge in [-0.15, -0.1) is 24.0 Å². The van der Waals surface area contributed by atoms with Crippen molar-refractivity contribution >= 4 is 35.6 Å². The fourth-order valence-electron chi connectivity index (χ4n) is 3.30. The molecule has 3 rings (SSSR count). The zero-order chi connectivity index (χ0) is 20.6. The molecule has 0 radical (unpaired) electrons. The van der Waals surface area contributed by atoms with Crippen LogP contribution in [0, 0.1) is 0 Å². The van der Waals surface area contributed by atoms with Crippen LogP contribution in [-0.2, 0) is 6.54 Å². The van der Waals surface area contributed by atoms with Crippen LogP contribution in [0.5, 0.6) is 11.5 Å². The van der Waals surface area contributed by atoms with E-state index in [-0.39, 0.29) is 41.5 Å². The van der Waals surface area contributed by atoms with Crippen LogP contribution in [0.25, 0.3) is 0 Å². The number of halogens is 3. The number of hydrogen-bond acceptors (Lipinski definition) is 4. The summed E-state index contributed by atoms with van der Waals surface area (Å²) in [5, 5.41) is 16.0. The van der Waals surface area contributed by atoms with Gasteiger partial charge in [0.05, 0.1) is 12.2 Å². The summed E-state index contributed by atoms with van der Waals surface area (Å²) in [6.07, 6.45) is 0.854. The molecule has 0 amide bonds. The highest BCUT2D eigenvalue weighted by atomic mass is 127. The summed E-state index contributed by atoms with van der Waals surface area (Å²) in [5.41, 5.74) is 1.66. The van der Waals surface area contributed by atoms with E-state index in [1.807, 2.05) is 30.0 Å². The van der Waals surface area contributed by atoms with Crippen molar-refractivity contribution in [2.75, 3.05) is 24.5 Å². The minimum absolute atomic E-state index is 0. The second kappa shape index (κ2) is 11.8. The molecule has 2 aromatic rings. The smallest absolute Gasteiger partial charge is 0.387 e. The average molecular weight is 532 g/mol. The van der Waals surface area contributed by atoms with Crippen LogP contribution in [0.1, 0.15) is 18.9 Å². The fourth-order valence-corrected chi connectivity index (χ4v) is 3.30. The minimum Gasteiger partial charge on any atom is -0.508 e. The number of aromatic hydroxyl groups is 1. The van der Waals surface area contributed by atoms with E-state index in [1.165, 1.54) is 0 Å². The number of nitrogens with zero attached hydrogens (tertiary/aromatic N) is 2. The third kappa shape index (κ3) is 6.89. The molecule has 3 N–H and O–H groups in total. The van der Waals surface area contributed by atoms with E-state index < -0.39 is 6.61 Å². The Morgan fingerprint density at radius 3 is 2.67 bits per heavy atom. The van der Waals surface area contributed by atoms with Gasteiger partial charge in [0, 0.05) is 25.7 Å². The van der Waals surface area contributed by atoms with Crippen LogP contribution in [0.3, 0.4) is 0 Å². The van der Waals surface area contributed by atoms with E-state index in [2.05, 4.69) is 20.4 Å². The molecule has 0 spiro atoms. The number of phenolic OH excluding ortho intramolecular Hbond substituents is 1. The molecule has 6 nitrogen and oxygen atoms in total. The van der Waals surface area contributed by atoms with Gasteiger partial charge >= 0.3 is 6.61 Å². The zero-order valence-corrected chi connectivity index (χ0v) is 19.1. The van der Waals surface area contributed by atoms with Crippen LogP contribution in [0.4, 0.5) is 14.5 Å². The first-order chi connectivity index (χ1) is 14.0. The van der Waals surface area contributed by atoms with Crippen LogP contribution in [0.2, 0.25) is 0 Å². The number of hydrogen-bond donors (Lipinski definition) is 3. The molecular weight excluding hydrogens is 505 g/mol. The van der Waals surface area contributed by atoms with Crippen LogP contribution in [-0.4, -0.2) is 43.4 Å². The molecule has 1 aliphatic rings. The molecule has 30 heavy (non-hydrogen) atoms. The number of rotatable bonds is 7. The number of benzene rings is 2. The molecular formula is C21H27F2IN4O2. The molecule has 1 saturated heterocycles. The Balaban J connectivity index is 0.00000320. The van der Waals surface area contributed by atoms with Crippen molar-refractivity contribution in [3.05, 3.63) is 54.1 Å². The van der Waals surface area contributed by atoms with Crippen LogP contribution in [0.15, 0.2) is 53.5 Å². The van der Waals surface area contributed by atoms with Gasteiger partial charge in [-0.2, -0.15) is 8.78 Å². The summed E-state index contributed by atoms with van der Waals surface area (Å²) in [4.78, 5) is 6.64. The number of anilines is 1. The quantitative estimate of drug-likeness (QED) is 0.287. The molecule has 1 fully saturated rings. The van der Waals surface area contributed by atoms with Gasteiger partial charge in [0.25, 0.3) is 0 Å². The Labute approximate surface area is 192 Å². The number of nitrogens with one attached hydrogen (secondary N) is 2. The predicted octanol–water partition coefficient (Wildman–Crippen LogP) is 3.95. The molecule has 0 aromatic heterocycles. The van der Waals surface area contributed by atoms with Gasteiger partial charge < -0.3 is 25.4 Å². The van der Waals surface area contributed by atoms with E-state index in [1.54, 1.807) is 30.3 Å². The van der Waals surface area contributed by atoms with Crippen molar-refractivity contribution in [2.24, 2.45) is 4.99 Å². The zero-order valence-electron chi connectivity index (χ0n) is 16.7. The molecule has 1 atom stereocenters. The van der Waals surface area contributed by atoms with E-state index in [0.717, 1.165) is 25.1 Å². The van der Waals surface area contributed by atoms with Crippen molar-refractivity contribution < 1.29 is 18.6 Å². The van der Waals surface area contributed by atoms with Crippen molar-refractivity contribution in [1.29, 1.82) is 0 Å². The lowest BCUT2D eigenvalue weighted by atomic mass is 10.2. The first-order valence-corrected chi connectivity index (χ1v) is 9.66. The van der Waals surface area contributed by atoms with Gasteiger partial charge in [0.1, 0.15) is 11.5 Å².